The van der Waals surface area contributed by atoms with E-state index in [0.29, 0.717) is 11.3 Å². The van der Waals surface area contributed by atoms with Crippen LogP contribution in [0.3, 0.4) is 0 Å². The van der Waals surface area contributed by atoms with Crippen LogP contribution in [0.1, 0.15) is 80.8 Å². The summed E-state index contributed by atoms with van der Waals surface area (Å²) in [6.07, 6.45) is 0. The van der Waals surface area contributed by atoms with E-state index in [0.717, 1.165) is 22.5 Å². The van der Waals surface area contributed by atoms with E-state index in [9.17, 15) is 24.5 Å². The summed E-state index contributed by atoms with van der Waals surface area (Å²) in [5.74, 6) is -0.0124. The highest BCUT2D eigenvalue weighted by molar-refractivity contribution is 7.93. The third-order valence-electron chi connectivity index (χ3n) is 4.64. The topological polar surface area (TPSA) is 159 Å². The van der Waals surface area contributed by atoms with E-state index in [1.807, 2.05) is 27.7 Å². The zero-order valence-electron chi connectivity index (χ0n) is 19.4. The number of benzene rings is 1. The van der Waals surface area contributed by atoms with E-state index in [1.165, 1.54) is 13.8 Å². The maximum absolute atomic E-state index is 13.1. The minimum atomic E-state index is -3.87. The average molecular weight is 514 g/mol. The summed E-state index contributed by atoms with van der Waals surface area (Å²) in [7, 11) is -3.87. The van der Waals surface area contributed by atoms with E-state index >= 15 is 0 Å². The minimum absolute atomic E-state index is 0. The second-order valence-electron chi connectivity index (χ2n) is 8.53. The molecule has 1 heterocycles. The first kappa shape index (κ1) is 28.9. The predicted octanol–water partition coefficient (Wildman–Crippen LogP) is 4.24. The minimum Gasteiger partial charge on any atom is -0.390 e. The number of nitriles is 1. The molecule has 0 bridgehead atoms. The summed E-state index contributed by atoms with van der Waals surface area (Å²) in [4.78, 5) is 16.9. The fourth-order valence-electron chi connectivity index (χ4n) is 3.05. The number of rotatable bonds is 7. The van der Waals surface area contributed by atoms with E-state index in [-0.39, 0.29) is 40.2 Å². The highest BCUT2D eigenvalue weighted by atomic mass is 32.2. The summed E-state index contributed by atoms with van der Waals surface area (Å²) in [5.41, 5.74) is 1.09. The lowest BCUT2D eigenvalue weighted by molar-refractivity contribution is 0.0779. The van der Waals surface area contributed by atoms with Crippen LogP contribution in [-0.4, -0.2) is 25.4 Å². The third kappa shape index (κ3) is 6.68. The van der Waals surface area contributed by atoms with Gasteiger partial charge in [-0.15, -0.1) is 11.3 Å². The van der Waals surface area contributed by atoms with Gasteiger partial charge in [0.2, 0.25) is 0 Å². The second-order valence-corrected chi connectivity index (χ2v) is 11.5. The van der Waals surface area contributed by atoms with Crippen molar-refractivity contribution >= 4 is 46.5 Å². The van der Waals surface area contributed by atoms with Crippen molar-refractivity contribution in [1.29, 1.82) is 10.0 Å². The van der Waals surface area contributed by atoms with Crippen LogP contribution in [0.5, 0.6) is 0 Å². The Hall–Kier alpha value is -2.17. The number of aromatic nitrogens is 1. The number of nitrogens with zero attached hydrogens (tertiary/aromatic N) is 2. The Kier molecular flexibility index (Phi) is 9.48. The SMILES string of the molecule is CC(C)c1cc(C#N)cc(C(C)C)c1NC(=O)NS(=N)(=O)c1sc(C(C)(C)O)nc1CO.S. The third-order valence-corrected chi connectivity index (χ3v) is 8.03. The Morgan fingerprint density at radius 1 is 1.27 bits per heavy atom. The number of hydrogen-bond acceptors (Lipinski definition) is 8. The molecule has 0 saturated heterocycles. The molecule has 1 unspecified atom stereocenters. The normalized spacial score (nSPS) is 13.2. The summed E-state index contributed by atoms with van der Waals surface area (Å²) < 4.78 is 23.4. The number of aliphatic hydroxyl groups excluding tert-OH is 1. The molecule has 0 spiro atoms. The van der Waals surface area contributed by atoms with E-state index in [1.54, 1.807) is 12.1 Å². The molecule has 2 amide bonds. The molecule has 0 aliphatic heterocycles. The van der Waals surface area contributed by atoms with Crippen molar-refractivity contribution in [3.05, 3.63) is 39.5 Å². The predicted molar refractivity (Wildman–Crippen MR) is 134 cm³/mol. The van der Waals surface area contributed by atoms with Gasteiger partial charge in [-0.2, -0.15) is 18.8 Å². The largest absolute Gasteiger partial charge is 0.390 e. The van der Waals surface area contributed by atoms with Crippen LogP contribution in [0, 0.1) is 16.1 Å². The molecule has 9 nitrogen and oxygen atoms in total. The van der Waals surface area contributed by atoms with Crippen LogP contribution in [-0.2, 0) is 22.1 Å². The number of aliphatic hydroxyl groups is 2. The quantitative estimate of drug-likeness (QED) is 0.372. The molecule has 12 heteroatoms. The molecule has 0 aliphatic rings. The van der Waals surface area contributed by atoms with Gasteiger partial charge in [-0.1, -0.05) is 27.7 Å². The van der Waals surface area contributed by atoms with Gasteiger partial charge in [0, 0.05) is 5.69 Å². The number of urea groups is 1. The van der Waals surface area contributed by atoms with Crippen molar-refractivity contribution in [3.63, 3.8) is 0 Å². The zero-order valence-corrected chi connectivity index (χ0v) is 22.1. The highest BCUT2D eigenvalue weighted by Gasteiger charge is 2.29. The zero-order chi connectivity index (χ0) is 24.4. The first-order valence-corrected chi connectivity index (χ1v) is 12.4. The van der Waals surface area contributed by atoms with Crippen LogP contribution >= 0.6 is 24.8 Å². The summed E-state index contributed by atoms with van der Waals surface area (Å²) in [6, 6.07) is 4.67. The van der Waals surface area contributed by atoms with Crippen LogP contribution in [0.2, 0.25) is 0 Å². The fraction of sp³-hybridized carbons (Fsp3) is 0.476. The molecule has 1 aromatic heterocycles. The van der Waals surface area contributed by atoms with Gasteiger partial charge in [0.25, 0.3) is 0 Å². The molecule has 182 valence electrons. The van der Waals surface area contributed by atoms with Crippen LogP contribution in [0.4, 0.5) is 10.5 Å². The lowest BCUT2D eigenvalue weighted by atomic mass is 9.90. The lowest BCUT2D eigenvalue weighted by Gasteiger charge is -2.21. The van der Waals surface area contributed by atoms with Gasteiger partial charge in [0.15, 0.2) is 9.92 Å². The van der Waals surface area contributed by atoms with Gasteiger partial charge in [-0.05, 0) is 48.9 Å². The van der Waals surface area contributed by atoms with Gasteiger partial charge in [-0.3, -0.25) is 0 Å². The lowest BCUT2D eigenvalue weighted by Crippen LogP contribution is -2.34. The molecule has 2 aromatic rings. The summed E-state index contributed by atoms with van der Waals surface area (Å²) in [5, 5.41) is 32.0. The van der Waals surface area contributed by atoms with Crippen LogP contribution in [0.15, 0.2) is 16.3 Å². The van der Waals surface area contributed by atoms with Crippen molar-refractivity contribution in [1.82, 2.24) is 9.71 Å². The molecule has 0 aliphatic carbocycles. The highest BCUT2D eigenvalue weighted by Crippen LogP contribution is 2.34. The summed E-state index contributed by atoms with van der Waals surface area (Å²) in [6.45, 7) is 10.1. The first-order valence-electron chi connectivity index (χ1n) is 10.00. The number of anilines is 1. The van der Waals surface area contributed by atoms with Crippen LogP contribution in [0.25, 0.3) is 0 Å². The van der Waals surface area contributed by atoms with Crippen molar-refractivity contribution in [2.45, 2.75) is 69.8 Å². The van der Waals surface area contributed by atoms with Gasteiger partial charge < -0.3 is 15.5 Å². The number of hydrogen-bond donors (Lipinski definition) is 5. The Labute approximate surface area is 205 Å². The maximum Gasteiger partial charge on any atom is 0.331 e. The van der Waals surface area contributed by atoms with Crippen molar-refractivity contribution in [3.8, 4) is 6.07 Å². The van der Waals surface area contributed by atoms with Crippen LogP contribution < -0.4 is 10.0 Å². The number of amides is 2. The molecule has 33 heavy (non-hydrogen) atoms. The molecule has 0 fully saturated rings. The number of carbonyl (C=O) groups is 1. The van der Waals surface area contributed by atoms with Crippen molar-refractivity contribution in [2.75, 3.05) is 5.32 Å². The second kappa shape index (κ2) is 10.8. The van der Waals surface area contributed by atoms with E-state index in [4.69, 9.17) is 4.78 Å². The molecular weight excluding hydrogens is 482 g/mol. The fourth-order valence-corrected chi connectivity index (χ4v) is 5.53. The average Bonchev–Trinajstić information content (AvgIpc) is 3.13. The van der Waals surface area contributed by atoms with Gasteiger partial charge in [0.1, 0.15) is 14.8 Å². The van der Waals surface area contributed by atoms with Gasteiger partial charge >= 0.3 is 6.03 Å². The molecule has 1 atom stereocenters. The Bertz CT molecular complexity index is 1130. The first-order chi connectivity index (χ1) is 14.7. The Morgan fingerprint density at radius 3 is 2.18 bits per heavy atom. The molecule has 0 radical (unpaired) electrons. The van der Waals surface area contributed by atoms with E-state index in [2.05, 4.69) is 21.1 Å². The summed E-state index contributed by atoms with van der Waals surface area (Å²) >= 11 is 0.805. The molecule has 2 rings (SSSR count). The number of carbonyl (C=O) groups excluding carboxylic acids is 1. The standard InChI is InChI=1S/C21H29N5O4S2.H2S/c1-11(2)14-7-13(9-22)8-15(12(3)4)17(14)25-20(28)26-32(23,30)18-16(10-27)24-19(31-18)21(5,6)29;/h7-8,11-12,27,29H,10H2,1-6H3,(H3,23,25,26,28,30);1H2. The monoisotopic (exact) mass is 513 g/mol. The maximum atomic E-state index is 13.1. The van der Waals surface area contributed by atoms with Crippen molar-refractivity contribution in [2.24, 2.45) is 0 Å². The number of nitrogens with one attached hydrogen (secondary N) is 3. The van der Waals surface area contributed by atoms with Crippen molar-refractivity contribution < 1.29 is 19.2 Å². The Morgan fingerprint density at radius 2 is 1.79 bits per heavy atom. The number of thiazole rings is 1. The molecular formula is C21H31N5O4S3. The van der Waals surface area contributed by atoms with Gasteiger partial charge in [-0.25, -0.2) is 23.5 Å². The molecule has 1 aromatic carbocycles. The molecule has 0 saturated carbocycles. The smallest absolute Gasteiger partial charge is 0.331 e. The van der Waals surface area contributed by atoms with Gasteiger partial charge in [0.05, 0.1) is 23.9 Å². The van der Waals surface area contributed by atoms with E-state index < -0.39 is 28.2 Å². The Balaban J connectivity index is 0.00000544. The molecule has 5 N–H and O–H groups in total.